The Morgan fingerprint density at radius 1 is 1.59 bits per heavy atom. The third-order valence-electron chi connectivity index (χ3n) is 3.73. The molecule has 0 spiro atoms. The lowest BCUT2D eigenvalue weighted by Crippen LogP contribution is -2.40. The van der Waals surface area contributed by atoms with Gasteiger partial charge in [0.1, 0.15) is 5.82 Å². The molecule has 1 saturated carbocycles. The van der Waals surface area contributed by atoms with Crippen molar-refractivity contribution in [3.05, 3.63) is 18.2 Å². The average Bonchev–Trinajstić information content (AvgIpc) is 3.08. The molecule has 4 heteroatoms. The van der Waals surface area contributed by atoms with Crippen LogP contribution in [0.25, 0.3) is 0 Å². The monoisotopic (exact) mass is 237 g/mol. The maximum atomic E-state index is 5.64. The molecule has 2 unspecified atom stereocenters. The van der Waals surface area contributed by atoms with Crippen molar-refractivity contribution < 1.29 is 4.74 Å². The smallest absolute Gasteiger partial charge is 0.108 e. The van der Waals surface area contributed by atoms with Crippen molar-refractivity contribution in [1.82, 2.24) is 14.9 Å². The van der Waals surface area contributed by atoms with Crippen molar-refractivity contribution >= 4 is 0 Å². The summed E-state index contributed by atoms with van der Waals surface area (Å²) in [6.07, 6.45) is 8.94. The van der Waals surface area contributed by atoms with E-state index >= 15 is 0 Å². The van der Waals surface area contributed by atoms with Crippen molar-refractivity contribution in [1.29, 1.82) is 0 Å². The van der Waals surface area contributed by atoms with Crippen molar-refractivity contribution in [3.8, 4) is 0 Å². The molecule has 1 aromatic rings. The molecule has 1 heterocycles. The van der Waals surface area contributed by atoms with Gasteiger partial charge in [0.25, 0.3) is 0 Å². The van der Waals surface area contributed by atoms with E-state index < -0.39 is 0 Å². The van der Waals surface area contributed by atoms with E-state index in [-0.39, 0.29) is 0 Å². The number of ether oxygens (including phenoxy) is 1. The van der Waals surface area contributed by atoms with Crippen molar-refractivity contribution in [2.45, 2.75) is 37.8 Å². The summed E-state index contributed by atoms with van der Waals surface area (Å²) >= 11 is 0. The number of likely N-dealkylation sites (N-methyl/N-ethyl adjacent to an activating group) is 1. The van der Waals surface area contributed by atoms with Gasteiger partial charge in [0.15, 0.2) is 0 Å². The first-order valence-corrected chi connectivity index (χ1v) is 6.42. The summed E-state index contributed by atoms with van der Waals surface area (Å²) in [6.45, 7) is 0. The lowest BCUT2D eigenvalue weighted by atomic mass is 10.0. The van der Waals surface area contributed by atoms with E-state index in [0.29, 0.717) is 12.1 Å². The molecule has 1 N–H and O–H groups in total. The number of aromatic nitrogens is 2. The Kier molecular flexibility index (Phi) is 4.18. The Hall–Kier alpha value is -0.870. The van der Waals surface area contributed by atoms with Crippen molar-refractivity contribution in [3.63, 3.8) is 0 Å². The van der Waals surface area contributed by atoms with Crippen LogP contribution in [0.2, 0.25) is 0 Å². The van der Waals surface area contributed by atoms with Gasteiger partial charge in [0, 0.05) is 39.0 Å². The minimum atomic E-state index is 0.361. The molecule has 0 saturated heterocycles. The first-order chi connectivity index (χ1) is 8.26. The standard InChI is InChI=1S/C13H23N3O/c1-14-11(13(17-3)10-4-5-10)6-7-12-15-8-9-16(12)2/h8-11,13-14H,4-7H2,1-3H3. The molecule has 2 atom stereocenters. The molecule has 0 aromatic carbocycles. The molecule has 1 aliphatic rings. The molecule has 17 heavy (non-hydrogen) atoms. The molecule has 1 aliphatic carbocycles. The zero-order chi connectivity index (χ0) is 12.3. The highest BCUT2D eigenvalue weighted by molar-refractivity contribution is 4.95. The summed E-state index contributed by atoms with van der Waals surface area (Å²) in [6, 6.07) is 0.434. The Balaban J connectivity index is 1.88. The third kappa shape index (κ3) is 3.07. The van der Waals surface area contributed by atoms with Gasteiger partial charge in [0.2, 0.25) is 0 Å². The number of imidazole rings is 1. The SMILES string of the molecule is CNC(CCc1nccn1C)C(OC)C1CC1. The van der Waals surface area contributed by atoms with Crippen LogP contribution in [0, 0.1) is 5.92 Å². The van der Waals surface area contributed by atoms with Gasteiger partial charge in [0.05, 0.1) is 6.10 Å². The van der Waals surface area contributed by atoms with Gasteiger partial charge in [-0.15, -0.1) is 0 Å². The second kappa shape index (κ2) is 5.65. The van der Waals surface area contributed by atoms with E-state index in [2.05, 4.69) is 14.9 Å². The van der Waals surface area contributed by atoms with Crippen LogP contribution in [-0.2, 0) is 18.2 Å². The van der Waals surface area contributed by atoms with E-state index in [1.54, 1.807) is 0 Å². The Morgan fingerprint density at radius 3 is 2.82 bits per heavy atom. The van der Waals surface area contributed by atoms with Crippen LogP contribution in [0.1, 0.15) is 25.1 Å². The molecule has 2 rings (SSSR count). The van der Waals surface area contributed by atoms with Crippen LogP contribution < -0.4 is 5.32 Å². The molecule has 0 amide bonds. The van der Waals surface area contributed by atoms with Crippen LogP contribution in [0.4, 0.5) is 0 Å². The fraction of sp³-hybridized carbons (Fsp3) is 0.769. The van der Waals surface area contributed by atoms with E-state index in [0.717, 1.165) is 24.6 Å². The number of aryl methyl sites for hydroxylation is 2. The summed E-state index contributed by atoms with van der Waals surface area (Å²) in [4.78, 5) is 4.36. The molecular formula is C13H23N3O. The zero-order valence-corrected chi connectivity index (χ0v) is 11.0. The lowest BCUT2D eigenvalue weighted by molar-refractivity contribution is 0.0506. The fourth-order valence-electron chi connectivity index (χ4n) is 2.50. The average molecular weight is 237 g/mol. The zero-order valence-electron chi connectivity index (χ0n) is 11.0. The predicted molar refractivity (Wildman–Crippen MR) is 67.9 cm³/mol. The second-order valence-corrected chi connectivity index (χ2v) is 4.93. The molecule has 1 aromatic heterocycles. The number of nitrogens with one attached hydrogen (secondary N) is 1. The van der Waals surface area contributed by atoms with E-state index in [1.807, 2.05) is 33.6 Å². The van der Waals surface area contributed by atoms with Gasteiger partial charge < -0.3 is 14.6 Å². The number of methoxy groups -OCH3 is 1. The topological polar surface area (TPSA) is 39.1 Å². The second-order valence-electron chi connectivity index (χ2n) is 4.93. The van der Waals surface area contributed by atoms with Crippen LogP contribution in [0.3, 0.4) is 0 Å². The normalized spacial score (nSPS) is 19.2. The summed E-state index contributed by atoms with van der Waals surface area (Å²) in [5, 5.41) is 3.39. The number of hydrogen-bond donors (Lipinski definition) is 1. The molecule has 96 valence electrons. The molecule has 0 radical (unpaired) electrons. The first kappa shape index (κ1) is 12.6. The van der Waals surface area contributed by atoms with Crippen LogP contribution in [0.15, 0.2) is 12.4 Å². The largest absolute Gasteiger partial charge is 0.380 e. The van der Waals surface area contributed by atoms with Gasteiger partial charge in [-0.25, -0.2) is 4.98 Å². The Morgan fingerprint density at radius 2 is 2.35 bits per heavy atom. The van der Waals surface area contributed by atoms with Crippen LogP contribution >= 0.6 is 0 Å². The minimum absolute atomic E-state index is 0.361. The lowest BCUT2D eigenvalue weighted by Gasteiger charge is -2.25. The molecule has 1 fully saturated rings. The summed E-state index contributed by atoms with van der Waals surface area (Å²) in [5.41, 5.74) is 0. The number of hydrogen-bond acceptors (Lipinski definition) is 3. The van der Waals surface area contributed by atoms with E-state index in [9.17, 15) is 0 Å². The van der Waals surface area contributed by atoms with Crippen LogP contribution in [-0.4, -0.2) is 35.9 Å². The molecule has 0 aliphatic heterocycles. The first-order valence-electron chi connectivity index (χ1n) is 6.42. The van der Waals surface area contributed by atoms with Gasteiger partial charge in [-0.2, -0.15) is 0 Å². The highest BCUT2D eigenvalue weighted by Crippen LogP contribution is 2.36. The highest BCUT2D eigenvalue weighted by Gasteiger charge is 2.36. The summed E-state index contributed by atoms with van der Waals surface area (Å²) in [5.74, 6) is 1.91. The predicted octanol–water partition coefficient (Wildman–Crippen LogP) is 1.37. The number of rotatable bonds is 7. The third-order valence-corrected chi connectivity index (χ3v) is 3.73. The molecule has 4 nitrogen and oxygen atoms in total. The Labute approximate surface area is 103 Å². The maximum absolute atomic E-state index is 5.64. The van der Waals surface area contributed by atoms with Crippen LogP contribution in [0.5, 0.6) is 0 Å². The van der Waals surface area contributed by atoms with Gasteiger partial charge in [-0.3, -0.25) is 0 Å². The maximum Gasteiger partial charge on any atom is 0.108 e. The molecule has 0 bridgehead atoms. The van der Waals surface area contributed by atoms with E-state index in [1.165, 1.54) is 12.8 Å². The number of nitrogens with zero attached hydrogens (tertiary/aromatic N) is 2. The van der Waals surface area contributed by atoms with Crippen molar-refractivity contribution in [2.24, 2.45) is 13.0 Å². The van der Waals surface area contributed by atoms with Crippen molar-refractivity contribution in [2.75, 3.05) is 14.2 Å². The van der Waals surface area contributed by atoms with Gasteiger partial charge in [-0.05, 0) is 32.2 Å². The fourth-order valence-corrected chi connectivity index (χ4v) is 2.50. The summed E-state index contributed by atoms with van der Waals surface area (Å²) in [7, 11) is 5.90. The van der Waals surface area contributed by atoms with Gasteiger partial charge in [-0.1, -0.05) is 0 Å². The Bertz CT molecular complexity index is 346. The molecular weight excluding hydrogens is 214 g/mol. The highest BCUT2D eigenvalue weighted by atomic mass is 16.5. The quantitative estimate of drug-likeness (QED) is 0.778. The minimum Gasteiger partial charge on any atom is -0.380 e. The van der Waals surface area contributed by atoms with E-state index in [4.69, 9.17) is 4.74 Å². The van der Waals surface area contributed by atoms with Gasteiger partial charge >= 0.3 is 0 Å². The summed E-state index contributed by atoms with van der Waals surface area (Å²) < 4.78 is 7.73.